The largest absolute Gasteiger partial charge is 0.454 e. The lowest BCUT2D eigenvalue weighted by Crippen LogP contribution is -1.92. The highest BCUT2D eigenvalue weighted by molar-refractivity contribution is 6.42. The second kappa shape index (κ2) is 8.25. The second-order valence-corrected chi connectivity index (χ2v) is 8.58. The smallest absolute Gasteiger partial charge is 0.231 e. The summed E-state index contributed by atoms with van der Waals surface area (Å²) in [6, 6.07) is 16.8. The quantitative estimate of drug-likeness (QED) is 0.290. The molecule has 1 aliphatic heterocycles. The average molecular weight is 489 g/mol. The van der Waals surface area contributed by atoms with E-state index < -0.39 is 0 Å². The zero-order valence-electron chi connectivity index (χ0n) is 15.8. The van der Waals surface area contributed by atoms with Crippen molar-refractivity contribution in [2.24, 2.45) is 0 Å². The van der Waals surface area contributed by atoms with E-state index in [-0.39, 0.29) is 6.79 Å². The van der Waals surface area contributed by atoms with Gasteiger partial charge in [0.05, 0.1) is 31.3 Å². The molecule has 3 aromatic carbocycles. The molecule has 0 bridgehead atoms. The molecule has 7 heteroatoms. The van der Waals surface area contributed by atoms with Crippen LogP contribution in [0.5, 0.6) is 11.5 Å². The van der Waals surface area contributed by atoms with E-state index in [0.717, 1.165) is 33.3 Å². The summed E-state index contributed by atoms with van der Waals surface area (Å²) in [5, 5.41) is 2.92. The van der Waals surface area contributed by atoms with Crippen LogP contribution >= 0.6 is 46.4 Å². The Bertz CT molecular complexity index is 1370. The van der Waals surface area contributed by atoms with Crippen molar-refractivity contribution < 1.29 is 9.47 Å². The highest BCUT2D eigenvalue weighted by atomic mass is 35.5. The fourth-order valence-electron chi connectivity index (χ4n) is 3.39. The number of aromatic nitrogens is 1. The zero-order valence-corrected chi connectivity index (χ0v) is 18.9. The lowest BCUT2D eigenvalue weighted by molar-refractivity contribution is 0.174. The van der Waals surface area contributed by atoms with Crippen molar-refractivity contribution >= 4 is 69.5 Å². The fourth-order valence-corrected chi connectivity index (χ4v) is 3.99. The van der Waals surface area contributed by atoms with Gasteiger partial charge >= 0.3 is 0 Å². The molecule has 31 heavy (non-hydrogen) atoms. The van der Waals surface area contributed by atoms with Gasteiger partial charge in [-0.1, -0.05) is 70.7 Å². The summed E-state index contributed by atoms with van der Waals surface area (Å²) in [6.45, 7) is 0.194. The Hall–Kier alpha value is -2.43. The Kier molecular flexibility index (Phi) is 5.45. The molecule has 0 aliphatic carbocycles. The van der Waals surface area contributed by atoms with Gasteiger partial charge < -0.3 is 9.47 Å². The summed E-state index contributed by atoms with van der Waals surface area (Å²) >= 11 is 24.5. The first-order valence-corrected chi connectivity index (χ1v) is 10.8. The van der Waals surface area contributed by atoms with Crippen LogP contribution in [-0.4, -0.2) is 11.8 Å². The Morgan fingerprint density at radius 3 is 2.16 bits per heavy atom. The zero-order chi connectivity index (χ0) is 21.5. The molecule has 5 rings (SSSR count). The van der Waals surface area contributed by atoms with Crippen molar-refractivity contribution in [3.63, 3.8) is 0 Å². The van der Waals surface area contributed by atoms with Crippen molar-refractivity contribution in [3.05, 3.63) is 85.8 Å². The molecule has 0 amide bonds. The molecule has 1 aromatic heterocycles. The number of hydrogen-bond acceptors (Lipinski definition) is 3. The molecule has 154 valence electrons. The van der Waals surface area contributed by atoms with Crippen LogP contribution in [0.3, 0.4) is 0 Å². The SMILES string of the molecule is Clc1ccc(/C=C/c2cc(-c3ccc(Cl)c(Cl)c3)nc3cc4c(cc23)OCO4)cc1Cl. The summed E-state index contributed by atoms with van der Waals surface area (Å²) in [4.78, 5) is 4.83. The Labute approximate surface area is 198 Å². The molecular formula is C24H13Cl4NO2. The number of hydrogen-bond donors (Lipinski definition) is 0. The summed E-state index contributed by atoms with van der Waals surface area (Å²) in [7, 11) is 0. The van der Waals surface area contributed by atoms with Gasteiger partial charge in [0.15, 0.2) is 11.5 Å². The Morgan fingerprint density at radius 2 is 1.42 bits per heavy atom. The number of ether oxygens (including phenoxy) is 2. The van der Waals surface area contributed by atoms with Crippen molar-refractivity contribution in [1.82, 2.24) is 4.98 Å². The van der Waals surface area contributed by atoms with E-state index in [4.69, 9.17) is 60.9 Å². The summed E-state index contributed by atoms with van der Waals surface area (Å²) < 4.78 is 11.1. The van der Waals surface area contributed by atoms with Gasteiger partial charge in [0.25, 0.3) is 0 Å². The van der Waals surface area contributed by atoms with Gasteiger partial charge in [0.1, 0.15) is 0 Å². The molecule has 0 radical (unpaired) electrons. The maximum atomic E-state index is 6.23. The maximum Gasteiger partial charge on any atom is 0.231 e. The normalized spacial score (nSPS) is 12.8. The third-order valence-corrected chi connectivity index (χ3v) is 6.43. The van der Waals surface area contributed by atoms with Crippen molar-refractivity contribution in [3.8, 4) is 22.8 Å². The number of rotatable bonds is 3. The van der Waals surface area contributed by atoms with Crippen LogP contribution in [0.25, 0.3) is 34.3 Å². The first kappa shape index (κ1) is 20.5. The van der Waals surface area contributed by atoms with Gasteiger partial charge in [-0.3, -0.25) is 0 Å². The lowest BCUT2D eigenvalue weighted by Gasteiger charge is -2.09. The molecule has 0 fully saturated rings. The van der Waals surface area contributed by atoms with Crippen LogP contribution in [-0.2, 0) is 0 Å². The van der Waals surface area contributed by atoms with Crippen LogP contribution in [0.2, 0.25) is 20.1 Å². The molecule has 3 nitrogen and oxygen atoms in total. The minimum absolute atomic E-state index is 0.194. The standard InChI is InChI=1S/C24H13Cl4NO2/c25-17-5-2-13(7-19(17)27)1-3-14-9-21(15-4-6-18(26)20(28)8-15)29-22-11-24-23(10-16(14)22)30-12-31-24/h1-11H,12H2/b3-1+. The van der Waals surface area contributed by atoms with Crippen LogP contribution in [0.1, 0.15) is 11.1 Å². The first-order chi connectivity index (χ1) is 15.0. The van der Waals surface area contributed by atoms with Crippen LogP contribution in [0.15, 0.2) is 54.6 Å². The minimum atomic E-state index is 0.194. The van der Waals surface area contributed by atoms with Gasteiger partial charge in [-0.05, 0) is 47.5 Å². The van der Waals surface area contributed by atoms with Crippen molar-refractivity contribution in [1.29, 1.82) is 0 Å². The van der Waals surface area contributed by atoms with Crippen molar-refractivity contribution in [2.45, 2.75) is 0 Å². The molecule has 4 aromatic rings. The molecule has 0 unspecified atom stereocenters. The van der Waals surface area contributed by atoms with Crippen molar-refractivity contribution in [2.75, 3.05) is 6.79 Å². The molecule has 0 spiro atoms. The van der Waals surface area contributed by atoms with Gasteiger partial charge in [0.2, 0.25) is 6.79 Å². The molecule has 0 saturated carbocycles. The summed E-state index contributed by atoms with van der Waals surface area (Å²) in [6.07, 6.45) is 3.98. The Balaban J connectivity index is 1.67. The number of benzene rings is 3. The Morgan fingerprint density at radius 1 is 0.710 bits per heavy atom. The van der Waals surface area contributed by atoms with E-state index in [1.165, 1.54) is 0 Å². The van der Waals surface area contributed by atoms with E-state index in [0.29, 0.717) is 31.6 Å². The lowest BCUT2D eigenvalue weighted by atomic mass is 10.0. The van der Waals surface area contributed by atoms with Gasteiger partial charge in [-0.15, -0.1) is 0 Å². The third kappa shape index (κ3) is 4.07. The van der Waals surface area contributed by atoms with Crippen LogP contribution in [0, 0.1) is 0 Å². The minimum Gasteiger partial charge on any atom is -0.454 e. The van der Waals surface area contributed by atoms with Crippen LogP contribution in [0.4, 0.5) is 0 Å². The summed E-state index contributed by atoms with van der Waals surface area (Å²) in [5.41, 5.74) is 4.28. The predicted octanol–water partition coefficient (Wildman–Crippen LogP) is 8.41. The van der Waals surface area contributed by atoms with E-state index in [1.807, 2.05) is 48.6 Å². The monoisotopic (exact) mass is 487 g/mol. The molecule has 0 saturated heterocycles. The number of nitrogens with zero attached hydrogens (tertiary/aromatic N) is 1. The van der Waals surface area contributed by atoms with Gasteiger partial charge in [-0.2, -0.15) is 0 Å². The summed E-state index contributed by atoms with van der Waals surface area (Å²) in [5.74, 6) is 1.37. The number of pyridine rings is 1. The topological polar surface area (TPSA) is 31.4 Å². The molecule has 2 heterocycles. The number of halogens is 4. The van der Waals surface area contributed by atoms with Gasteiger partial charge in [-0.25, -0.2) is 4.98 Å². The van der Waals surface area contributed by atoms with Crippen LogP contribution < -0.4 is 9.47 Å². The predicted molar refractivity (Wildman–Crippen MR) is 129 cm³/mol. The van der Waals surface area contributed by atoms with E-state index in [1.54, 1.807) is 18.2 Å². The van der Waals surface area contributed by atoms with E-state index >= 15 is 0 Å². The highest BCUT2D eigenvalue weighted by Gasteiger charge is 2.17. The fraction of sp³-hybridized carbons (Fsp3) is 0.0417. The van der Waals surface area contributed by atoms with E-state index in [2.05, 4.69) is 0 Å². The molecular weight excluding hydrogens is 476 g/mol. The maximum absolute atomic E-state index is 6.23. The molecule has 1 aliphatic rings. The number of fused-ring (bicyclic) bond motifs is 2. The average Bonchev–Trinajstić information content (AvgIpc) is 3.22. The third-order valence-electron chi connectivity index (χ3n) is 4.95. The molecule has 0 atom stereocenters. The highest BCUT2D eigenvalue weighted by Crippen LogP contribution is 2.38. The van der Waals surface area contributed by atoms with E-state index in [9.17, 15) is 0 Å². The van der Waals surface area contributed by atoms with Gasteiger partial charge in [0, 0.05) is 17.0 Å². The second-order valence-electron chi connectivity index (χ2n) is 6.96. The molecule has 0 N–H and O–H groups in total. The first-order valence-electron chi connectivity index (χ1n) is 9.31.